The van der Waals surface area contributed by atoms with E-state index >= 15 is 0 Å². The number of H-pyrrole nitrogens is 1. The number of rotatable bonds is 5. The number of aromatic amines is 1. The molecule has 1 unspecified atom stereocenters. The molecule has 7 heteroatoms. The van der Waals surface area contributed by atoms with Crippen LogP contribution in [0.15, 0.2) is 18.6 Å². The molecule has 2 aromatic rings. The van der Waals surface area contributed by atoms with Gasteiger partial charge in [0.2, 0.25) is 0 Å². The molecular formula is C11H17ClN6. The maximum absolute atomic E-state index is 6.16. The minimum atomic E-state index is -0.392. The number of imidazole rings is 1. The van der Waals surface area contributed by atoms with Crippen molar-refractivity contribution in [2.75, 3.05) is 20.6 Å². The van der Waals surface area contributed by atoms with E-state index in [4.69, 9.17) is 17.3 Å². The van der Waals surface area contributed by atoms with E-state index in [1.54, 1.807) is 18.6 Å². The number of likely N-dealkylation sites (N-methyl/N-ethyl adjacent to an activating group) is 1. The lowest BCUT2D eigenvalue weighted by Crippen LogP contribution is -2.24. The monoisotopic (exact) mass is 268 g/mol. The topological polar surface area (TPSA) is 75.8 Å². The molecule has 0 aliphatic rings. The van der Waals surface area contributed by atoms with Crippen LogP contribution in [-0.4, -0.2) is 45.3 Å². The number of hydrogen-bond donors (Lipinski definition) is 2. The minimum Gasteiger partial charge on any atom is -0.347 e. The van der Waals surface area contributed by atoms with Crippen molar-refractivity contribution in [2.24, 2.45) is 5.73 Å². The van der Waals surface area contributed by atoms with E-state index < -0.39 is 6.04 Å². The lowest BCUT2D eigenvalue weighted by atomic mass is 10.2. The van der Waals surface area contributed by atoms with Gasteiger partial charge in [-0.05, 0) is 14.1 Å². The average Bonchev–Trinajstić information content (AvgIpc) is 2.94. The van der Waals surface area contributed by atoms with E-state index in [9.17, 15) is 0 Å². The Morgan fingerprint density at radius 3 is 2.94 bits per heavy atom. The Labute approximate surface area is 111 Å². The number of nitrogens with zero attached hydrogens (tertiary/aromatic N) is 4. The zero-order valence-electron chi connectivity index (χ0n) is 10.5. The summed E-state index contributed by atoms with van der Waals surface area (Å²) in [6.45, 7) is 1.61. The summed E-state index contributed by atoms with van der Waals surface area (Å²) in [5, 5.41) is 4.82. The van der Waals surface area contributed by atoms with Gasteiger partial charge in [-0.3, -0.25) is 4.68 Å². The Bertz CT molecular complexity index is 490. The van der Waals surface area contributed by atoms with Crippen LogP contribution in [0.5, 0.6) is 0 Å². The van der Waals surface area contributed by atoms with Gasteiger partial charge in [0.25, 0.3) is 0 Å². The maximum Gasteiger partial charge on any atom is 0.129 e. The molecule has 2 aromatic heterocycles. The first-order valence-corrected chi connectivity index (χ1v) is 6.08. The van der Waals surface area contributed by atoms with E-state index in [-0.39, 0.29) is 0 Å². The summed E-state index contributed by atoms with van der Waals surface area (Å²) in [5.74, 6) is 0.684. The number of aromatic nitrogens is 4. The normalized spacial score (nSPS) is 13.2. The fourth-order valence-electron chi connectivity index (χ4n) is 1.73. The second-order valence-corrected chi connectivity index (χ2v) is 4.76. The minimum absolute atomic E-state index is 0.392. The number of nitrogens with two attached hydrogens (primary N) is 1. The summed E-state index contributed by atoms with van der Waals surface area (Å²) in [6.07, 6.45) is 5.03. The molecule has 0 amide bonds. The predicted octanol–water partition coefficient (Wildman–Crippen LogP) is 0.869. The molecule has 98 valence electrons. The highest BCUT2D eigenvalue weighted by Crippen LogP contribution is 2.24. The second-order valence-electron chi connectivity index (χ2n) is 4.36. The second kappa shape index (κ2) is 5.51. The van der Waals surface area contributed by atoms with Crippen LogP contribution in [0.1, 0.15) is 17.6 Å². The van der Waals surface area contributed by atoms with E-state index in [0.717, 1.165) is 18.8 Å². The Kier molecular flexibility index (Phi) is 4.00. The molecular weight excluding hydrogens is 252 g/mol. The number of nitrogens with one attached hydrogen (secondary N) is 1. The van der Waals surface area contributed by atoms with E-state index in [0.29, 0.717) is 10.8 Å². The van der Waals surface area contributed by atoms with E-state index in [1.165, 1.54) is 0 Å². The van der Waals surface area contributed by atoms with E-state index in [2.05, 4.69) is 20.0 Å². The first-order valence-electron chi connectivity index (χ1n) is 5.70. The van der Waals surface area contributed by atoms with Gasteiger partial charge < -0.3 is 15.6 Å². The van der Waals surface area contributed by atoms with Gasteiger partial charge in [-0.1, -0.05) is 11.6 Å². The SMILES string of the molecule is CN(C)CCn1ncc(Cl)c1C(N)c1ncc[nH]1. The third-order valence-corrected chi connectivity index (χ3v) is 2.99. The summed E-state index contributed by atoms with van der Waals surface area (Å²) in [6, 6.07) is -0.392. The molecule has 0 aliphatic carbocycles. The van der Waals surface area contributed by atoms with Gasteiger partial charge in [0.15, 0.2) is 0 Å². The van der Waals surface area contributed by atoms with Crippen LogP contribution in [0.25, 0.3) is 0 Å². The largest absolute Gasteiger partial charge is 0.347 e. The molecule has 2 rings (SSSR count). The van der Waals surface area contributed by atoms with Crippen LogP contribution in [0.3, 0.4) is 0 Å². The molecule has 6 nitrogen and oxygen atoms in total. The van der Waals surface area contributed by atoms with Crippen LogP contribution in [0, 0.1) is 0 Å². The van der Waals surface area contributed by atoms with Crippen LogP contribution >= 0.6 is 11.6 Å². The average molecular weight is 269 g/mol. The molecule has 1 atom stereocenters. The van der Waals surface area contributed by atoms with Crippen molar-refractivity contribution in [2.45, 2.75) is 12.6 Å². The van der Waals surface area contributed by atoms with Crippen molar-refractivity contribution in [3.05, 3.63) is 35.1 Å². The van der Waals surface area contributed by atoms with Gasteiger partial charge in [-0.25, -0.2) is 4.98 Å². The molecule has 0 fully saturated rings. The number of hydrogen-bond acceptors (Lipinski definition) is 4. The lowest BCUT2D eigenvalue weighted by molar-refractivity contribution is 0.367. The van der Waals surface area contributed by atoms with Crippen molar-refractivity contribution in [3.8, 4) is 0 Å². The highest BCUT2D eigenvalue weighted by molar-refractivity contribution is 6.31. The van der Waals surface area contributed by atoms with Crippen LogP contribution < -0.4 is 5.73 Å². The van der Waals surface area contributed by atoms with Gasteiger partial charge in [-0.15, -0.1) is 0 Å². The zero-order valence-corrected chi connectivity index (χ0v) is 11.2. The van der Waals surface area contributed by atoms with Crippen molar-refractivity contribution in [1.82, 2.24) is 24.6 Å². The Morgan fingerprint density at radius 2 is 2.33 bits per heavy atom. The Balaban J connectivity index is 2.23. The van der Waals surface area contributed by atoms with Gasteiger partial charge in [-0.2, -0.15) is 5.10 Å². The first-order chi connectivity index (χ1) is 8.59. The highest BCUT2D eigenvalue weighted by atomic mass is 35.5. The van der Waals surface area contributed by atoms with E-state index in [1.807, 2.05) is 18.8 Å². The standard InChI is InChI=1S/C11H17ClN6/c1-17(2)5-6-18-10(8(12)7-16-18)9(13)11-14-3-4-15-11/h3-4,7,9H,5-6,13H2,1-2H3,(H,14,15). The van der Waals surface area contributed by atoms with Crippen LogP contribution in [-0.2, 0) is 6.54 Å². The summed E-state index contributed by atoms with van der Waals surface area (Å²) in [5.41, 5.74) is 6.95. The molecule has 0 saturated carbocycles. The Morgan fingerprint density at radius 1 is 1.56 bits per heavy atom. The predicted molar refractivity (Wildman–Crippen MR) is 70.4 cm³/mol. The third-order valence-electron chi connectivity index (χ3n) is 2.70. The fraction of sp³-hybridized carbons (Fsp3) is 0.455. The van der Waals surface area contributed by atoms with Gasteiger partial charge in [0.1, 0.15) is 11.9 Å². The molecule has 18 heavy (non-hydrogen) atoms. The van der Waals surface area contributed by atoms with Gasteiger partial charge >= 0.3 is 0 Å². The smallest absolute Gasteiger partial charge is 0.129 e. The van der Waals surface area contributed by atoms with Crippen molar-refractivity contribution in [3.63, 3.8) is 0 Å². The quantitative estimate of drug-likeness (QED) is 0.844. The van der Waals surface area contributed by atoms with Crippen molar-refractivity contribution >= 4 is 11.6 Å². The third kappa shape index (κ3) is 2.72. The summed E-state index contributed by atoms with van der Waals surface area (Å²) >= 11 is 6.15. The van der Waals surface area contributed by atoms with Crippen LogP contribution in [0.4, 0.5) is 0 Å². The van der Waals surface area contributed by atoms with Gasteiger partial charge in [0, 0.05) is 18.9 Å². The van der Waals surface area contributed by atoms with Crippen molar-refractivity contribution in [1.29, 1.82) is 0 Å². The van der Waals surface area contributed by atoms with Crippen LogP contribution in [0.2, 0.25) is 5.02 Å². The van der Waals surface area contributed by atoms with Crippen molar-refractivity contribution < 1.29 is 0 Å². The summed E-state index contributed by atoms with van der Waals surface area (Å²) < 4.78 is 1.83. The fourth-order valence-corrected chi connectivity index (χ4v) is 1.99. The lowest BCUT2D eigenvalue weighted by Gasteiger charge is -2.15. The zero-order chi connectivity index (χ0) is 13.1. The summed E-state index contributed by atoms with van der Waals surface area (Å²) in [4.78, 5) is 9.24. The highest BCUT2D eigenvalue weighted by Gasteiger charge is 2.20. The number of halogens is 1. The summed E-state index contributed by atoms with van der Waals surface area (Å²) in [7, 11) is 4.02. The molecule has 2 heterocycles. The molecule has 0 saturated heterocycles. The molecule has 0 aromatic carbocycles. The molecule has 0 aliphatic heterocycles. The molecule has 0 radical (unpaired) electrons. The maximum atomic E-state index is 6.16. The molecule has 0 bridgehead atoms. The molecule has 3 N–H and O–H groups in total. The first kappa shape index (κ1) is 13.1. The van der Waals surface area contributed by atoms with Gasteiger partial charge in [0.05, 0.1) is 23.5 Å². The molecule has 0 spiro atoms. The Hall–Kier alpha value is -1.37.